The van der Waals surface area contributed by atoms with E-state index in [1.165, 1.54) is 0 Å². The average Bonchev–Trinajstić information content (AvgIpc) is 2.31. The lowest BCUT2D eigenvalue weighted by atomic mass is 10.4. The third-order valence-corrected chi connectivity index (χ3v) is 5.68. The fourth-order valence-corrected chi connectivity index (χ4v) is 3.76. The molecular weight excluding hydrogens is 198 g/mol. The third-order valence-electron chi connectivity index (χ3n) is 2.70. The van der Waals surface area contributed by atoms with Crippen molar-refractivity contribution in [2.75, 3.05) is 0 Å². The smallest absolute Gasteiger partial charge is 0.199 e. The lowest BCUT2D eigenvalue weighted by molar-refractivity contribution is 1.57. The van der Waals surface area contributed by atoms with Crippen molar-refractivity contribution in [3.63, 3.8) is 0 Å². The maximum Gasteiger partial charge on any atom is 0.199 e. The fourth-order valence-electron chi connectivity index (χ4n) is 1.71. The maximum atomic E-state index is 8.55. The highest BCUT2D eigenvalue weighted by molar-refractivity contribution is 6.98. The standard InChI is InChI=1S/C13H14NSi/c1-15(14,12-8-4-2-5-9-12)13-10-6-3-7-11-13/h2-11,14H,1H3. The molecule has 0 heterocycles. The van der Waals surface area contributed by atoms with Crippen LogP contribution in [0.2, 0.25) is 6.55 Å². The Morgan fingerprint density at radius 2 is 1.07 bits per heavy atom. The molecule has 0 aromatic heterocycles. The molecule has 0 saturated carbocycles. The van der Waals surface area contributed by atoms with Gasteiger partial charge in [0.2, 0.25) is 0 Å². The molecule has 0 saturated heterocycles. The second kappa shape index (κ2) is 4.01. The highest BCUT2D eigenvalue weighted by Gasteiger charge is 2.27. The number of hydrogen-bond acceptors (Lipinski definition) is 0. The van der Waals surface area contributed by atoms with Crippen LogP contribution >= 0.6 is 0 Å². The van der Waals surface area contributed by atoms with E-state index in [1.807, 2.05) is 36.4 Å². The number of benzene rings is 2. The number of hydrogen-bond donors (Lipinski definition) is 0. The van der Waals surface area contributed by atoms with Gasteiger partial charge in [-0.05, 0) is 16.9 Å². The quantitative estimate of drug-likeness (QED) is 0.676. The van der Waals surface area contributed by atoms with E-state index in [9.17, 15) is 0 Å². The lowest BCUT2D eigenvalue weighted by Gasteiger charge is -2.21. The highest BCUT2D eigenvalue weighted by atomic mass is 28.3. The van der Waals surface area contributed by atoms with Crippen molar-refractivity contribution in [1.29, 1.82) is 0 Å². The van der Waals surface area contributed by atoms with Gasteiger partial charge in [0, 0.05) is 0 Å². The van der Waals surface area contributed by atoms with Gasteiger partial charge in [-0.25, -0.2) is 0 Å². The monoisotopic (exact) mass is 212 g/mol. The summed E-state index contributed by atoms with van der Waals surface area (Å²) < 4.78 is 0. The third kappa shape index (κ3) is 2.01. The summed E-state index contributed by atoms with van der Waals surface area (Å²) in [7, 11) is -2.21. The average molecular weight is 212 g/mol. The first-order chi connectivity index (χ1) is 7.21. The van der Waals surface area contributed by atoms with Gasteiger partial charge in [-0.1, -0.05) is 60.7 Å². The van der Waals surface area contributed by atoms with Crippen LogP contribution in [-0.4, -0.2) is 8.24 Å². The van der Waals surface area contributed by atoms with Crippen LogP contribution in [0.25, 0.3) is 0 Å². The Morgan fingerprint density at radius 3 is 1.40 bits per heavy atom. The summed E-state index contributed by atoms with van der Waals surface area (Å²) in [5, 5.41) is 10.9. The Morgan fingerprint density at radius 1 is 0.733 bits per heavy atom. The highest BCUT2D eigenvalue weighted by Crippen LogP contribution is 1.99. The van der Waals surface area contributed by atoms with Crippen LogP contribution in [-0.2, 0) is 0 Å². The second-order valence-corrected chi connectivity index (χ2v) is 7.26. The van der Waals surface area contributed by atoms with Crippen LogP contribution in [0.3, 0.4) is 0 Å². The topological polar surface area (TPSA) is 23.8 Å². The summed E-state index contributed by atoms with van der Waals surface area (Å²) in [6.45, 7) is 2.07. The summed E-state index contributed by atoms with van der Waals surface area (Å²) in [6, 6.07) is 20.3. The first kappa shape index (κ1) is 10.1. The summed E-state index contributed by atoms with van der Waals surface area (Å²) in [4.78, 5) is 0. The zero-order valence-corrected chi connectivity index (χ0v) is 9.77. The largest absolute Gasteiger partial charge is 0.275 e. The molecule has 2 aromatic carbocycles. The predicted molar refractivity (Wildman–Crippen MR) is 66.9 cm³/mol. The van der Waals surface area contributed by atoms with Gasteiger partial charge in [-0.2, -0.15) is 0 Å². The normalized spacial score (nSPS) is 11.3. The minimum Gasteiger partial charge on any atom is -0.275 e. The molecule has 2 heteroatoms. The van der Waals surface area contributed by atoms with E-state index in [4.69, 9.17) is 5.40 Å². The molecule has 1 nitrogen and oxygen atoms in total. The van der Waals surface area contributed by atoms with Crippen molar-refractivity contribution in [3.05, 3.63) is 60.7 Å². The van der Waals surface area contributed by atoms with Crippen LogP contribution in [0.1, 0.15) is 0 Å². The minimum absolute atomic E-state index is 1.16. The SMILES string of the molecule is C[Si]([NH])(c1ccccc1)c1ccccc1. The molecule has 15 heavy (non-hydrogen) atoms. The summed E-state index contributed by atoms with van der Waals surface area (Å²) in [5.74, 6) is 0. The van der Waals surface area contributed by atoms with Crippen LogP contribution in [0, 0.1) is 0 Å². The van der Waals surface area contributed by atoms with Crippen molar-refractivity contribution >= 4 is 18.6 Å². The van der Waals surface area contributed by atoms with Crippen molar-refractivity contribution < 1.29 is 0 Å². The molecule has 1 radical (unpaired) electrons. The molecule has 2 rings (SSSR count). The molecule has 0 atom stereocenters. The molecule has 0 amide bonds. The summed E-state index contributed by atoms with van der Waals surface area (Å²) in [6.07, 6.45) is 0. The first-order valence-corrected chi connectivity index (χ1v) is 7.57. The van der Waals surface area contributed by atoms with Gasteiger partial charge in [0.15, 0.2) is 8.24 Å². The Kier molecular flexibility index (Phi) is 2.71. The van der Waals surface area contributed by atoms with Gasteiger partial charge in [0.25, 0.3) is 0 Å². The fraction of sp³-hybridized carbons (Fsp3) is 0.0769. The summed E-state index contributed by atoms with van der Waals surface area (Å²) >= 11 is 0. The predicted octanol–water partition coefficient (Wildman–Crippen LogP) is 1.66. The van der Waals surface area contributed by atoms with E-state index in [0.29, 0.717) is 0 Å². The van der Waals surface area contributed by atoms with E-state index in [-0.39, 0.29) is 0 Å². The zero-order chi connectivity index (χ0) is 10.7. The molecule has 0 spiro atoms. The molecule has 2 aromatic rings. The lowest BCUT2D eigenvalue weighted by Crippen LogP contribution is -2.57. The van der Waals surface area contributed by atoms with E-state index >= 15 is 0 Å². The van der Waals surface area contributed by atoms with Crippen molar-refractivity contribution in [2.45, 2.75) is 6.55 Å². The molecule has 0 bridgehead atoms. The Bertz CT molecular complexity index is 381. The molecule has 0 aliphatic carbocycles. The Labute approximate surface area is 91.7 Å². The van der Waals surface area contributed by atoms with Crippen LogP contribution < -0.4 is 15.8 Å². The second-order valence-electron chi connectivity index (χ2n) is 3.86. The van der Waals surface area contributed by atoms with E-state index < -0.39 is 8.24 Å². The Balaban J connectivity index is 2.44. The molecular formula is C13H14NSi. The number of rotatable bonds is 2. The molecule has 75 valence electrons. The van der Waals surface area contributed by atoms with Crippen LogP contribution in [0.4, 0.5) is 0 Å². The van der Waals surface area contributed by atoms with Gasteiger partial charge in [-0.3, -0.25) is 5.40 Å². The summed E-state index contributed by atoms with van der Waals surface area (Å²) in [5.41, 5.74) is 0. The van der Waals surface area contributed by atoms with Crippen molar-refractivity contribution in [3.8, 4) is 0 Å². The molecule has 0 aliphatic rings. The van der Waals surface area contributed by atoms with Gasteiger partial charge >= 0.3 is 0 Å². The maximum absolute atomic E-state index is 8.55. The number of nitrogens with one attached hydrogen (secondary N) is 1. The van der Waals surface area contributed by atoms with Gasteiger partial charge < -0.3 is 0 Å². The molecule has 0 unspecified atom stereocenters. The van der Waals surface area contributed by atoms with E-state index in [0.717, 1.165) is 10.4 Å². The van der Waals surface area contributed by atoms with Gasteiger partial charge in [-0.15, -0.1) is 0 Å². The van der Waals surface area contributed by atoms with Crippen LogP contribution in [0.15, 0.2) is 60.7 Å². The van der Waals surface area contributed by atoms with Crippen LogP contribution in [0.5, 0.6) is 0 Å². The zero-order valence-electron chi connectivity index (χ0n) is 8.77. The molecule has 0 fully saturated rings. The van der Waals surface area contributed by atoms with Gasteiger partial charge in [0.1, 0.15) is 0 Å². The molecule has 1 N–H and O–H groups in total. The van der Waals surface area contributed by atoms with Crippen molar-refractivity contribution in [1.82, 2.24) is 5.40 Å². The Hall–Kier alpha value is -1.38. The van der Waals surface area contributed by atoms with E-state index in [1.54, 1.807) is 0 Å². The van der Waals surface area contributed by atoms with Crippen molar-refractivity contribution in [2.24, 2.45) is 0 Å². The minimum atomic E-state index is -2.21. The van der Waals surface area contributed by atoms with Gasteiger partial charge in [0.05, 0.1) is 0 Å². The first-order valence-electron chi connectivity index (χ1n) is 5.07. The molecule has 0 aliphatic heterocycles. The van der Waals surface area contributed by atoms with E-state index in [2.05, 4.69) is 30.8 Å².